The average molecular weight is 418 g/mol. The fourth-order valence-corrected chi connectivity index (χ4v) is 9.80. The predicted octanol–water partition coefficient (Wildman–Crippen LogP) is 3.87. The number of rotatable bonds is 3. The van der Waals surface area contributed by atoms with Gasteiger partial charge in [-0.05, 0) is 79.2 Å². The topological polar surface area (TPSA) is 57.6 Å². The summed E-state index contributed by atoms with van der Waals surface area (Å²) in [5.41, 5.74) is 2.51. The van der Waals surface area contributed by atoms with E-state index in [0.29, 0.717) is 19.0 Å². The van der Waals surface area contributed by atoms with Crippen LogP contribution in [0, 0.1) is 16.7 Å². The van der Waals surface area contributed by atoms with E-state index in [0.717, 1.165) is 38.5 Å². The molecule has 3 atom stereocenters. The van der Waals surface area contributed by atoms with Gasteiger partial charge in [0.2, 0.25) is 10.0 Å². The Kier molecular flexibility index (Phi) is 4.52. The van der Waals surface area contributed by atoms with Crippen LogP contribution in [0.4, 0.5) is 0 Å². The fraction of sp³-hybridized carbons (Fsp3) is 0.750. The molecular formula is C24H35NO3S. The Labute approximate surface area is 175 Å². The quantitative estimate of drug-likeness (QED) is 0.812. The molecule has 1 spiro atoms. The molecule has 1 aromatic carbocycles. The summed E-state index contributed by atoms with van der Waals surface area (Å²) in [6, 6.07) is 8.78. The molecule has 4 nitrogen and oxygen atoms in total. The van der Waals surface area contributed by atoms with Gasteiger partial charge in [-0.2, -0.15) is 0 Å². The molecule has 3 fully saturated rings. The minimum absolute atomic E-state index is 0.0984. The first kappa shape index (κ1) is 20.0. The standard InChI is InChI=1S/C24H35NO3S/c1-22(2)19-9-11-24(22,21(26)16-19)17-29(27,28)25-14-12-23(13-15-25)10-5-7-18-6-3-4-8-20(18)23/h3-4,6,8,19,21,26H,5,7,9-17H2,1-2H3/t19?,21-,24+/m0/s1. The van der Waals surface area contributed by atoms with Crippen molar-refractivity contribution in [3.8, 4) is 0 Å². The lowest BCUT2D eigenvalue weighted by Crippen LogP contribution is -2.51. The predicted molar refractivity (Wildman–Crippen MR) is 115 cm³/mol. The smallest absolute Gasteiger partial charge is 0.214 e. The summed E-state index contributed by atoms with van der Waals surface area (Å²) in [5, 5.41) is 10.8. The molecule has 0 radical (unpaired) electrons. The Balaban J connectivity index is 1.35. The number of aliphatic hydroxyl groups is 1. The number of benzene rings is 1. The number of hydrogen-bond donors (Lipinski definition) is 1. The van der Waals surface area contributed by atoms with Crippen LogP contribution in [-0.4, -0.2) is 42.8 Å². The lowest BCUT2D eigenvalue weighted by molar-refractivity contribution is 0.0143. The summed E-state index contributed by atoms with van der Waals surface area (Å²) in [6.07, 6.45) is 7.56. The van der Waals surface area contributed by atoms with E-state index in [-0.39, 0.29) is 16.6 Å². The van der Waals surface area contributed by atoms with Gasteiger partial charge in [0.1, 0.15) is 0 Å². The van der Waals surface area contributed by atoms with E-state index in [9.17, 15) is 13.5 Å². The van der Waals surface area contributed by atoms with E-state index < -0.39 is 21.5 Å². The molecule has 3 aliphatic carbocycles. The molecule has 1 aromatic rings. The molecule has 2 saturated carbocycles. The minimum Gasteiger partial charge on any atom is -0.392 e. The molecule has 29 heavy (non-hydrogen) atoms. The van der Waals surface area contributed by atoms with Crippen LogP contribution in [0.5, 0.6) is 0 Å². The summed E-state index contributed by atoms with van der Waals surface area (Å²) in [6.45, 7) is 5.60. The van der Waals surface area contributed by atoms with Crippen LogP contribution < -0.4 is 0 Å². The zero-order chi connectivity index (χ0) is 20.5. The molecule has 2 bridgehead atoms. The molecule has 5 heteroatoms. The molecule has 0 aromatic heterocycles. The summed E-state index contributed by atoms with van der Waals surface area (Å²) >= 11 is 0. The number of hydrogen-bond acceptors (Lipinski definition) is 3. The van der Waals surface area contributed by atoms with Crippen LogP contribution in [0.25, 0.3) is 0 Å². The van der Waals surface area contributed by atoms with Crippen LogP contribution in [0.1, 0.15) is 69.9 Å². The molecular weight excluding hydrogens is 382 g/mol. The minimum atomic E-state index is -3.37. The van der Waals surface area contributed by atoms with Gasteiger partial charge < -0.3 is 5.11 Å². The Morgan fingerprint density at radius 1 is 1.10 bits per heavy atom. The Morgan fingerprint density at radius 3 is 2.48 bits per heavy atom. The first-order valence-electron chi connectivity index (χ1n) is 11.4. The number of aryl methyl sites for hydroxylation is 1. The van der Waals surface area contributed by atoms with Gasteiger partial charge in [0, 0.05) is 18.5 Å². The normalized spacial score (nSPS) is 35.7. The second-order valence-corrected chi connectivity index (χ2v) is 12.8. The average Bonchev–Trinajstić information content (AvgIpc) is 3.03. The summed E-state index contributed by atoms with van der Waals surface area (Å²) < 4.78 is 28.7. The third-order valence-corrected chi connectivity index (χ3v) is 11.6. The van der Waals surface area contributed by atoms with Gasteiger partial charge in [-0.25, -0.2) is 12.7 Å². The molecule has 1 unspecified atom stereocenters. The lowest BCUT2D eigenvalue weighted by Gasteiger charge is -2.46. The first-order chi connectivity index (χ1) is 13.7. The van der Waals surface area contributed by atoms with Crippen molar-refractivity contribution in [1.29, 1.82) is 0 Å². The summed E-state index contributed by atoms with van der Waals surface area (Å²) in [4.78, 5) is 0. The molecule has 1 heterocycles. The molecule has 0 amide bonds. The number of piperidine rings is 1. The summed E-state index contributed by atoms with van der Waals surface area (Å²) in [7, 11) is -3.37. The van der Waals surface area contributed by atoms with E-state index >= 15 is 0 Å². The number of aliphatic hydroxyl groups excluding tert-OH is 1. The third kappa shape index (κ3) is 2.80. The van der Waals surface area contributed by atoms with Crippen molar-refractivity contribution in [3.63, 3.8) is 0 Å². The maximum atomic E-state index is 13.5. The Bertz CT molecular complexity index is 900. The molecule has 1 N–H and O–H groups in total. The van der Waals surface area contributed by atoms with Crippen molar-refractivity contribution < 1.29 is 13.5 Å². The largest absolute Gasteiger partial charge is 0.392 e. The second-order valence-electron chi connectivity index (χ2n) is 10.8. The van der Waals surface area contributed by atoms with Crippen molar-refractivity contribution >= 4 is 10.0 Å². The molecule has 5 rings (SSSR count). The Hall–Kier alpha value is -0.910. The highest BCUT2D eigenvalue weighted by Crippen LogP contribution is 2.66. The van der Waals surface area contributed by atoms with Gasteiger partial charge >= 0.3 is 0 Å². The molecule has 4 aliphatic rings. The van der Waals surface area contributed by atoms with Crippen LogP contribution in [0.2, 0.25) is 0 Å². The lowest BCUT2D eigenvalue weighted by atomic mass is 9.65. The van der Waals surface area contributed by atoms with Crippen LogP contribution in [0.3, 0.4) is 0 Å². The van der Waals surface area contributed by atoms with E-state index in [2.05, 4.69) is 38.1 Å². The number of fused-ring (bicyclic) bond motifs is 4. The van der Waals surface area contributed by atoms with E-state index in [4.69, 9.17) is 0 Å². The van der Waals surface area contributed by atoms with Crippen molar-refractivity contribution in [2.45, 2.75) is 76.7 Å². The monoisotopic (exact) mass is 417 g/mol. The van der Waals surface area contributed by atoms with Crippen LogP contribution >= 0.6 is 0 Å². The van der Waals surface area contributed by atoms with Crippen molar-refractivity contribution in [2.24, 2.45) is 16.7 Å². The van der Waals surface area contributed by atoms with Crippen molar-refractivity contribution in [1.82, 2.24) is 4.31 Å². The van der Waals surface area contributed by atoms with E-state index in [1.807, 2.05) is 0 Å². The number of sulfonamides is 1. The fourth-order valence-electron chi connectivity index (χ4n) is 7.52. The van der Waals surface area contributed by atoms with Gasteiger partial charge in [-0.3, -0.25) is 0 Å². The highest BCUT2D eigenvalue weighted by molar-refractivity contribution is 7.89. The SMILES string of the molecule is CC1(C)C2CC[C@@]1(CS(=O)(=O)N1CCC3(CCCc4ccccc43)CC1)[C@@H](O)C2. The van der Waals surface area contributed by atoms with Gasteiger partial charge in [0.05, 0.1) is 11.9 Å². The number of nitrogens with zero attached hydrogens (tertiary/aromatic N) is 1. The third-order valence-electron chi connectivity index (χ3n) is 9.59. The maximum Gasteiger partial charge on any atom is 0.214 e. The zero-order valence-electron chi connectivity index (χ0n) is 17.9. The van der Waals surface area contributed by atoms with Gasteiger partial charge in [-0.15, -0.1) is 0 Å². The van der Waals surface area contributed by atoms with E-state index in [1.54, 1.807) is 4.31 Å². The Morgan fingerprint density at radius 2 is 1.83 bits per heavy atom. The van der Waals surface area contributed by atoms with Gasteiger partial charge in [0.25, 0.3) is 0 Å². The van der Waals surface area contributed by atoms with Crippen molar-refractivity contribution in [3.05, 3.63) is 35.4 Å². The second kappa shape index (κ2) is 6.54. The van der Waals surface area contributed by atoms with Crippen LogP contribution in [0.15, 0.2) is 24.3 Å². The highest BCUT2D eigenvalue weighted by atomic mass is 32.2. The highest BCUT2D eigenvalue weighted by Gasteiger charge is 2.65. The van der Waals surface area contributed by atoms with Gasteiger partial charge in [-0.1, -0.05) is 38.1 Å². The zero-order valence-corrected chi connectivity index (χ0v) is 18.7. The molecule has 1 saturated heterocycles. The molecule has 1 aliphatic heterocycles. The van der Waals surface area contributed by atoms with Crippen LogP contribution in [-0.2, 0) is 21.9 Å². The molecule has 160 valence electrons. The maximum absolute atomic E-state index is 13.5. The van der Waals surface area contributed by atoms with Crippen molar-refractivity contribution in [2.75, 3.05) is 18.8 Å². The van der Waals surface area contributed by atoms with Gasteiger partial charge in [0.15, 0.2) is 0 Å². The summed E-state index contributed by atoms with van der Waals surface area (Å²) in [5.74, 6) is 0.574. The first-order valence-corrected chi connectivity index (χ1v) is 13.1. The van der Waals surface area contributed by atoms with E-state index in [1.165, 1.54) is 24.0 Å².